The highest BCUT2D eigenvalue weighted by molar-refractivity contribution is 6.37. The van der Waals surface area contributed by atoms with Crippen LogP contribution in [0.5, 0.6) is 0 Å². The van der Waals surface area contributed by atoms with Crippen LogP contribution in [0.2, 0.25) is 10.0 Å². The highest BCUT2D eigenvalue weighted by atomic mass is 35.5. The lowest BCUT2D eigenvalue weighted by atomic mass is 10.1. The number of hydrogen-bond acceptors (Lipinski definition) is 5. The molecule has 0 amide bonds. The number of fused-ring (bicyclic) bond motifs is 3. The van der Waals surface area contributed by atoms with Crippen molar-refractivity contribution in [1.82, 2.24) is 34.6 Å². The zero-order valence-corrected chi connectivity index (χ0v) is 19.9. The van der Waals surface area contributed by atoms with E-state index in [1.807, 2.05) is 16.9 Å². The Morgan fingerprint density at radius 2 is 1.85 bits per heavy atom. The maximum absolute atomic E-state index is 13.5. The quantitative estimate of drug-likeness (QED) is 0.381. The van der Waals surface area contributed by atoms with E-state index in [-0.39, 0.29) is 5.56 Å². The molecule has 6 rings (SSSR count). The Morgan fingerprint density at radius 3 is 2.62 bits per heavy atom. The van der Waals surface area contributed by atoms with Gasteiger partial charge in [-0.15, -0.1) is 0 Å². The fourth-order valence-corrected chi connectivity index (χ4v) is 5.25. The van der Waals surface area contributed by atoms with Crippen molar-refractivity contribution in [2.45, 2.75) is 25.8 Å². The van der Waals surface area contributed by atoms with E-state index in [2.05, 4.69) is 26.6 Å². The number of pyridine rings is 1. The second-order valence-electron chi connectivity index (χ2n) is 8.53. The summed E-state index contributed by atoms with van der Waals surface area (Å²) in [4.78, 5) is 26.1. The normalized spacial score (nSPS) is 14.9. The number of piperidine rings is 1. The molecule has 1 saturated heterocycles. The summed E-state index contributed by atoms with van der Waals surface area (Å²) >= 11 is 12.8. The van der Waals surface area contributed by atoms with Crippen molar-refractivity contribution in [3.63, 3.8) is 0 Å². The molecule has 0 bridgehead atoms. The van der Waals surface area contributed by atoms with Crippen LogP contribution >= 0.6 is 23.2 Å². The SMILES string of the molecule is Cc1nc2c(cnc3[nH]c(-c4cnn(C5CCNCC5)c4)cc32)c(=O)n1-c1c(Cl)cccc1Cl. The van der Waals surface area contributed by atoms with E-state index in [1.165, 1.54) is 4.57 Å². The molecule has 5 aromatic rings. The van der Waals surface area contributed by atoms with Gasteiger partial charge in [0, 0.05) is 23.3 Å². The number of benzene rings is 1. The number of H-pyrrole nitrogens is 1. The van der Waals surface area contributed by atoms with Crippen LogP contribution in [-0.4, -0.2) is 42.4 Å². The summed E-state index contributed by atoms with van der Waals surface area (Å²) in [5.74, 6) is 0.487. The van der Waals surface area contributed by atoms with Gasteiger partial charge in [0.25, 0.3) is 5.56 Å². The molecular weight excluding hydrogens is 473 g/mol. The van der Waals surface area contributed by atoms with Gasteiger partial charge in [-0.3, -0.25) is 14.0 Å². The molecule has 0 saturated carbocycles. The Morgan fingerprint density at radius 1 is 1.09 bits per heavy atom. The van der Waals surface area contributed by atoms with E-state index in [4.69, 9.17) is 28.2 Å². The Labute approximate surface area is 204 Å². The average molecular weight is 494 g/mol. The van der Waals surface area contributed by atoms with Crippen molar-refractivity contribution in [2.24, 2.45) is 0 Å². The number of aromatic nitrogens is 6. The zero-order chi connectivity index (χ0) is 23.4. The zero-order valence-electron chi connectivity index (χ0n) is 18.3. The fourth-order valence-electron chi connectivity index (χ4n) is 4.69. The lowest BCUT2D eigenvalue weighted by Crippen LogP contribution is -2.29. The minimum absolute atomic E-state index is 0.270. The number of rotatable bonds is 3. The maximum Gasteiger partial charge on any atom is 0.267 e. The van der Waals surface area contributed by atoms with Gasteiger partial charge in [0.05, 0.1) is 44.6 Å². The molecular formula is C24H21Cl2N7O. The summed E-state index contributed by atoms with van der Waals surface area (Å²) in [6.07, 6.45) is 7.59. The summed E-state index contributed by atoms with van der Waals surface area (Å²) < 4.78 is 3.48. The number of halogens is 2. The average Bonchev–Trinajstić information content (AvgIpc) is 3.49. The van der Waals surface area contributed by atoms with Crippen molar-refractivity contribution < 1.29 is 0 Å². The van der Waals surface area contributed by atoms with E-state index >= 15 is 0 Å². The van der Waals surface area contributed by atoms with Crippen LogP contribution in [0.15, 0.2) is 47.7 Å². The predicted molar refractivity (Wildman–Crippen MR) is 134 cm³/mol. The minimum Gasteiger partial charge on any atom is -0.339 e. The summed E-state index contributed by atoms with van der Waals surface area (Å²) in [7, 11) is 0. The highest BCUT2D eigenvalue weighted by Gasteiger charge is 2.20. The number of aromatic amines is 1. The third-order valence-corrected chi connectivity index (χ3v) is 7.03. The van der Waals surface area contributed by atoms with Gasteiger partial charge in [-0.05, 0) is 51.1 Å². The van der Waals surface area contributed by atoms with Crippen LogP contribution in [0.1, 0.15) is 24.7 Å². The molecule has 1 aliphatic rings. The second kappa shape index (κ2) is 8.23. The van der Waals surface area contributed by atoms with Crippen molar-refractivity contribution >= 4 is 45.1 Å². The summed E-state index contributed by atoms with van der Waals surface area (Å²) in [5, 5.41) is 9.90. The largest absolute Gasteiger partial charge is 0.339 e. The van der Waals surface area contributed by atoms with E-state index in [9.17, 15) is 4.79 Å². The van der Waals surface area contributed by atoms with E-state index in [1.54, 1.807) is 31.3 Å². The fraction of sp³-hybridized carbons (Fsp3) is 0.250. The molecule has 8 nitrogen and oxygen atoms in total. The van der Waals surface area contributed by atoms with Crippen LogP contribution in [-0.2, 0) is 0 Å². The third kappa shape index (κ3) is 3.41. The molecule has 10 heteroatoms. The number of nitrogens with one attached hydrogen (secondary N) is 2. The smallest absolute Gasteiger partial charge is 0.267 e. The molecule has 2 N–H and O–H groups in total. The number of aryl methyl sites for hydroxylation is 1. The molecule has 0 radical (unpaired) electrons. The topological polar surface area (TPSA) is 93.4 Å². The van der Waals surface area contributed by atoms with Gasteiger partial charge in [-0.1, -0.05) is 29.3 Å². The van der Waals surface area contributed by atoms with Crippen LogP contribution in [0.4, 0.5) is 0 Å². The van der Waals surface area contributed by atoms with Gasteiger partial charge in [0.2, 0.25) is 0 Å². The summed E-state index contributed by atoms with van der Waals surface area (Å²) in [5.41, 5.74) is 3.25. The first-order valence-corrected chi connectivity index (χ1v) is 11.9. The Kier molecular flexibility index (Phi) is 5.17. The molecule has 0 spiro atoms. The highest BCUT2D eigenvalue weighted by Crippen LogP contribution is 2.31. The van der Waals surface area contributed by atoms with Crippen molar-refractivity contribution in [3.8, 4) is 16.9 Å². The molecule has 1 fully saturated rings. The Hall–Kier alpha value is -3.20. The van der Waals surface area contributed by atoms with Crippen molar-refractivity contribution in [1.29, 1.82) is 0 Å². The molecule has 1 aromatic carbocycles. The number of hydrogen-bond donors (Lipinski definition) is 2. The van der Waals surface area contributed by atoms with E-state index in [0.29, 0.717) is 44.1 Å². The molecule has 5 heterocycles. The third-order valence-electron chi connectivity index (χ3n) is 6.42. The van der Waals surface area contributed by atoms with Gasteiger partial charge < -0.3 is 10.3 Å². The molecule has 0 unspecified atom stereocenters. The van der Waals surface area contributed by atoms with Gasteiger partial charge >= 0.3 is 0 Å². The summed E-state index contributed by atoms with van der Waals surface area (Å²) in [6, 6.07) is 7.51. The van der Waals surface area contributed by atoms with Crippen LogP contribution < -0.4 is 10.9 Å². The first kappa shape index (κ1) is 21.3. The molecule has 0 aliphatic carbocycles. The van der Waals surface area contributed by atoms with Gasteiger partial charge in [-0.25, -0.2) is 9.97 Å². The standard InChI is InChI=1S/C24H21Cl2N7O/c1-13-30-21-16-9-20(14-10-29-32(12-14)15-5-7-27-8-6-15)31-23(16)28-11-17(21)24(34)33(13)22-18(25)3-2-4-19(22)26/h2-4,9-12,15,27H,5-8H2,1H3,(H,28,31). The first-order valence-electron chi connectivity index (χ1n) is 11.1. The molecule has 34 heavy (non-hydrogen) atoms. The Bertz CT molecular complexity index is 1590. The molecule has 172 valence electrons. The van der Waals surface area contributed by atoms with E-state index < -0.39 is 0 Å². The van der Waals surface area contributed by atoms with Gasteiger partial charge in [0.15, 0.2) is 0 Å². The minimum atomic E-state index is -0.270. The molecule has 0 atom stereocenters. The van der Waals surface area contributed by atoms with Crippen LogP contribution in [0.25, 0.3) is 38.9 Å². The monoisotopic (exact) mass is 493 g/mol. The van der Waals surface area contributed by atoms with Crippen molar-refractivity contribution in [3.05, 3.63) is 69.1 Å². The molecule has 1 aliphatic heterocycles. The van der Waals surface area contributed by atoms with Gasteiger partial charge in [0.1, 0.15) is 11.5 Å². The van der Waals surface area contributed by atoms with Crippen LogP contribution in [0, 0.1) is 6.92 Å². The second-order valence-corrected chi connectivity index (χ2v) is 9.34. The predicted octanol–water partition coefficient (Wildman–Crippen LogP) is 4.67. The maximum atomic E-state index is 13.5. The lowest BCUT2D eigenvalue weighted by molar-refractivity contribution is 0.343. The first-order chi connectivity index (χ1) is 16.5. The molecule has 4 aromatic heterocycles. The van der Waals surface area contributed by atoms with Crippen LogP contribution in [0.3, 0.4) is 0 Å². The van der Waals surface area contributed by atoms with Gasteiger partial charge in [-0.2, -0.15) is 5.10 Å². The number of nitrogens with zero attached hydrogens (tertiary/aromatic N) is 5. The summed E-state index contributed by atoms with van der Waals surface area (Å²) in [6.45, 7) is 3.78. The van der Waals surface area contributed by atoms with Crippen molar-refractivity contribution in [2.75, 3.05) is 13.1 Å². The lowest BCUT2D eigenvalue weighted by Gasteiger charge is -2.22. The van der Waals surface area contributed by atoms with E-state index in [0.717, 1.165) is 42.6 Å². The number of para-hydroxylation sites is 1. The Balaban J connectivity index is 1.48.